The lowest BCUT2D eigenvalue weighted by molar-refractivity contribution is -0.116. The van der Waals surface area contributed by atoms with Gasteiger partial charge in [-0.1, -0.05) is 0 Å². The zero-order chi connectivity index (χ0) is 16.1. The van der Waals surface area contributed by atoms with Gasteiger partial charge in [0.05, 0.1) is 17.2 Å². The van der Waals surface area contributed by atoms with Crippen LogP contribution in [0.25, 0.3) is 6.08 Å². The Balaban J connectivity index is 1.61. The Morgan fingerprint density at radius 2 is 2.30 bits per heavy atom. The molecule has 1 N–H and O–H groups in total. The molecule has 1 aliphatic heterocycles. The van der Waals surface area contributed by atoms with E-state index in [1.54, 1.807) is 11.6 Å². The van der Waals surface area contributed by atoms with Crippen molar-refractivity contribution in [2.24, 2.45) is 0 Å². The van der Waals surface area contributed by atoms with Crippen molar-refractivity contribution < 1.29 is 9.21 Å². The fraction of sp³-hybridized carbons (Fsp3) is 0.412. The third-order valence-corrected chi connectivity index (χ3v) is 4.60. The highest BCUT2D eigenvalue weighted by molar-refractivity contribution is 7.07. The molecule has 1 fully saturated rings. The Hall–Kier alpha value is -1.92. The molecule has 0 aliphatic carbocycles. The molecule has 0 spiro atoms. The number of nitrogens with one attached hydrogen (secondary N) is 1. The highest BCUT2D eigenvalue weighted by Crippen LogP contribution is 2.26. The van der Waals surface area contributed by atoms with Gasteiger partial charge in [0.2, 0.25) is 5.91 Å². The lowest BCUT2D eigenvalue weighted by Crippen LogP contribution is -2.36. The molecule has 0 bridgehead atoms. The molecule has 0 radical (unpaired) electrons. The summed E-state index contributed by atoms with van der Waals surface area (Å²) in [6.45, 7) is 4.59. The molecule has 3 heterocycles. The van der Waals surface area contributed by atoms with E-state index in [0.717, 1.165) is 30.3 Å². The highest BCUT2D eigenvalue weighted by atomic mass is 32.1. The average Bonchev–Trinajstić information content (AvgIpc) is 3.28. The van der Waals surface area contributed by atoms with Crippen LogP contribution < -0.4 is 5.32 Å². The van der Waals surface area contributed by atoms with Crippen molar-refractivity contribution in [3.05, 3.63) is 46.3 Å². The van der Waals surface area contributed by atoms with E-state index in [0.29, 0.717) is 6.54 Å². The van der Waals surface area contributed by atoms with Crippen LogP contribution in [0, 0.1) is 6.92 Å². The second kappa shape index (κ2) is 7.57. The third kappa shape index (κ3) is 4.30. The number of likely N-dealkylation sites (tertiary alicyclic amines) is 1. The zero-order valence-corrected chi connectivity index (χ0v) is 14.0. The number of hydrogen-bond acceptors (Lipinski definition) is 5. The van der Waals surface area contributed by atoms with E-state index in [1.165, 1.54) is 30.3 Å². The minimum atomic E-state index is -0.106. The van der Waals surface area contributed by atoms with E-state index in [4.69, 9.17) is 4.42 Å². The predicted octanol–water partition coefficient (Wildman–Crippen LogP) is 3.01. The Morgan fingerprint density at radius 3 is 2.96 bits per heavy atom. The van der Waals surface area contributed by atoms with E-state index in [1.807, 2.05) is 24.4 Å². The van der Waals surface area contributed by atoms with Crippen LogP contribution in [0.4, 0.5) is 0 Å². The molecule has 1 amide bonds. The van der Waals surface area contributed by atoms with Gasteiger partial charge < -0.3 is 9.73 Å². The van der Waals surface area contributed by atoms with Crippen molar-refractivity contribution in [1.29, 1.82) is 0 Å². The van der Waals surface area contributed by atoms with Crippen LogP contribution in [-0.2, 0) is 4.79 Å². The Bertz CT molecular complexity index is 657. The normalized spacial score (nSPS) is 16.9. The van der Waals surface area contributed by atoms with Crippen LogP contribution in [0.3, 0.4) is 0 Å². The van der Waals surface area contributed by atoms with Gasteiger partial charge in [-0.15, -0.1) is 11.3 Å². The summed E-state index contributed by atoms with van der Waals surface area (Å²) in [5, 5.41) is 4.88. The van der Waals surface area contributed by atoms with Gasteiger partial charge in [0.1, 0.15) is 11.5 Å². The van der Waals surface area contributed by atoms with Crippen molar-refractivity contribution in [2.45, 2.75) is 25.8 Å². The second-order valence-electron chi connectivity index (χ2n) is 5.70. The van der Waals surface area contributed by atoms with Gasteiger partial charge >= 0.3 is 0 Å². The van der Waals surface area contributed by atoms with Crippen LogP contribution in [0.15, 0.2) is 33.5 Å². The molecule has 1 atom stereocenters. The van der Waals surface area contributed by atoms with Gasteiger partial charge in [-0.3, -0.25) is 9.69 Å². The molecule has 0 aromatic carbocycles. The van der Waals surface area contributed by atoms with Crippen LogP contribution >= 0.6 is 11.3 Å². The second-order valence-corrected chi connectivity index (χ2v) is 6.42. The lowest BCUT2D eigenvalue weighted by Gasteiger charge is -2.25. The summed E-state index contributed by atoms with van der Waals surface area (Å²) in [6.07, 6.45) is 5.67. The fourth-order valence-corrected chi connectivity index (χ4v) is 3.34. The molecule has 1 saturated heterocycles. The molecule has 1 unspecified atom stereocenters. The van der Waals surface area contributed by atoms with Crippen molar-refractivity contribution in [1.82, 2.24) is 15.2 Å². The van der Waals surface area contributed by atoms with Crippen molar-refractivity contribution >= 4 is 23.3 Å². The van der Waals surface area contributed by atoms with E-state index in [-0.39, 0.29) is 11.9 Å². The van der Waals surface area contributed by atoms with Crippen LogP contribution in [-0.4, -0.2) is 35.4 Å². The Kier molecular flexibility index (Phi) is 5.25. The molecule has 2 aromatic heterocycles. The van der Waals surface area contributed by atoms with Gasteiger partial charge in [0.25, 0.3) is 0 Å². The lowest BCUT2D eigenvalue weighted by atomic mass is 10.2. The van der Waals surface area contributed by atoms with Crippen LogP contribution in [0.5, 0.6) is 0 Å². The third-order valence-electron chi connectivity index (χ3n) is 4.00. The summed E-state index contributed by atoms with van der Waals surface area (Å²) < 4.78 is 5.79. The quantitative estimate of drug-likeness (QED) is 0.827. The van der Waals surface area contributed by atoms with Gasteiger partial charge in [-0.05, 0) is 51.1 Å². The first-order valence-corrected chi connectivity index (χ1v) is 8.81. The average molecular weight is 331 g/mol. The molecule has 5 nitrogen and oxygen atoms in total. The molecule has 1 aliphatic rings. The number of thiazole rings is 1. The summed E-state index contributed by atoms with van der Waals surface area (Å²) in [4.78, 5) is 18.5. The molecule has 3 rings (SSSR count). The monoisotopic (exact) mass is 331 g/mol. The minimum absolute atomic E-state index is 0.0998. The van der Waals surface area contributed by atoms with Gasteiger partial charge in [0, 0.05) is 18.0 Å². The first kappa shape index (κ1) is 16.0. The van der Waals surface area contributed by atoms with E-state index in [9.17, 15) is 4.79 Å². The van der Waals surface area contributed by atoms with E-state index >= 15 is 0 Å². The molecule has 0 saturated carbocycles. The maximum atomic E-state index is 12.0. The SMILES string of the molecule is Cc1ccc(C(CNC(=O)/C=C/c2cscn2)N2CCCC2)o1. The van der Waals surface area contributed by atoms with Crippen LogP contribution in [0.2, 0.25) is 0 Å². The summed E-state index contributed by atoms with van der Waals surface area (Å²) in [5.41, 5.74) is 2.56. The van der Waals surface area contributed by atoms with E-state index in [2.05, 4.69) is 15.2 Å². The van der Waals surface area contributed by atoms with Gasteiger partial charge in [-0.2, -0.15) is 0 Å². The largest absolute Gasteiger partial charge is 0.465 e. The Labute approximate surface area is 140 Å². The molecular formula is C17H21N3O2S. The zero-order valence-electron chi connectivity index (χ0n) is 13.2. The fourth-order valence-electron chi connectivity index (χ4n) is 2.82. The topological polar surface area (TPSA) is 58.4 Å². The molecule has 23 heavy (non-hydrogen) atoms. The predicted molar refractivity (Wildman–Crippen MR) is 91.2 cm³/mol. The molecule has 122 valence electrons. The first-order valence-electron chi connectivity index (χ1n) is 7.87. The van der Waals surface area contributed by atoms with Crippen LogP contribution in [0.1, 0.15) is 36.1 Å². The summed E-state index contributed by atoms with van der Waals surface area (Å²) in [7, 11) is 0. The number of aryl methyl sites for hydroxylation is 1. The number of rotatable bonds is 6. The maximum absolute atomic E-state index is 12.0. The molecular weight excluding hydrogens is 310 g/mol. The van der Waals surface area contributed by atoms with Gasteiger partial charge in [0.15, 0.2) is 0 Å². The van der Waals surface area contributed by atoms with E-state index < -0.39 is 0 Å². The number of aromatic nitrogens is 1. The summed E-state index contributed by atoms with van der Waals surface area (Å²) >= 11 is 1.51. The van der Waals surface area contributed by atoms with Gasteiger partial charge in [-0.25, -0.2) is 4.98 Å². The van der Waals surface area contributed by atoms with Crippen molar-refractivity contribution in [2.75, 3.05) is 19.6 Å². The Morgan fingerprint density at radius 1 is 1.48 bits per heavy atom. The number of hydrogen-bond donors (Lipinski definition) is 1. The number of carbonyl (C=O) groups excluding carboxylic acids is 1. The molecule has 2 aromatic rings. The molecule has 6 heteroatoms. The maximum Gasteiger partial charge on any atom is 0.244 e. The smallest absolute Gasteiger partial charge is 0.244 e. The summed E-state index contributed by atoms with van der Waals surface area (Å²) in [6, 6.07) is 4.08. The number of amides is 1. The standard InChI is InChI=1S/C17H21N3O2S/c1-13-4-6-16(22-13)15(20-8-2-3-9-20)10-18-17(21)7-5-14-11-23-12-19-14/h4-7,11-12,15H,2-3,8-10H2,1H3,(H,18,21)/b7-5+. The number of carbonyl (C=O) groups is 1. The van der Waals surface area contributed by atoms with Crippen molar-refractivity contribution in [3.8, 4) is 0 Å². The minimum Gasteiger partial charge on any atom is -0.465 e. The summed E-state index contributed by atoms with van der Waals surface area (Å²) in [5.74, 6) is 1.72. The number of furan rings is 1. The van der Waals surface area contributed by atoms with Crippen molar-refractivity contribution in [3.63, 3.8) is 0 Å². The number of nitrogens with zero attached hydrogens (tertiary/aromatic N) is 2. The highest BCUT2D eigenvalue weighted by Gasteiger charge is 2.26. The first-order chi connectivity index (χ1) is 11.2.